The number of benzene rings is 2. The maximum Gasteiger partial charge on any atom is 0.416 e. The Hall–Kier alpha value is -4.05. The summed E-state index contributed by atoms with van der Waals surface area (Å²) in [5.41, 5.74) is 1.40. The van der Waals surface area contributed by atoms with Crippen molar-refractivity contribution in [3.05, 3.63) is 95.2 Å². The third-order valence-corrected chi connectivity index (χ3v) is 5.50. The molecule has 10 heteroatoms. The summed E-state index contributed by atoms with van der Waals surface area (Å²) in [6.07, 6.45) is 4.58. The Morgan fingerprint density at radius 1 is 1.08 bits per heavy atom. The van der Waals surface area contributed by atoms with Crippen LogP contribution in [0.2, 0.25) is 0 Å². The highest BCUT2D eigenvalue weighted by Crippen LogP contribution is 2.29. The van der Waals surface area contributed by atoms with Crippen molar-refractivity contribution in [2.24, 2.45) is 0 Å². The highest BCUT2D eigenvalue weighted by Gasteiger charge is 2.29. The Morgan fingerprint density at radius 2 is 1.89 bits per heavy atom. The molecule has 0 saturated carbocycles. The van der Waals surface area contributed by atoms with E-state index in [9.17, 15) is 18.3 Å². The van der Waals surface area contributed by atoms with E-state index in [1.165, 1.54) is 18.4 Å². The molecule has 0 fully saturated rings. The van der Waals surface area contributed by atoms with Crippen LogP contribution in [0.5, 0.6) is 11.5 Å². The molecule has 0 saturated heterocycles. The molecule has 0 radical (unpaired) electrons. The number of aliphatic hydroxyl groups is 1. The topological polar surface area (TPSA) is 82.5 Å². The maximum absolute atomic E-state index is 12.7. The Labute approximate surface area is 211 Å². The van der Waals surface area contributed by atoms with Crippen molar-refractivity contribution < 1.29 is 32.2 Å². The maximum atomic E-state index is 12.7. The quantitative estimate of drug-likeness (QED) is 0.251. The van der Waals surface area contributed by atoms with Crippen LogP contribution in [0, 0.1) is 6.92 Å². The van der Waals surface area contributed by atoms with Gasteiger partial charge in [-0.15, -0.1) is 0 Å². The SMILES string of the molecule is Cc1cc(OCc2coc(/C=C/c3ccc(C(F)(F)F)cc3)n2)ccc1OCCCn1ccnc1CO. The summed E-state index contributed by atoms with van der Waals surface area (Å²) in [5, 5.41) is 9.25. The molecule has 194 valence electrons. The van der Waals surface area contributed by atoms with Crippen LogP contribution in [0.25, 0.3) is 12.2 Å². The van der Waals surface area contributed by atoms with Gasteiger partial charge in [0.2, 0.25) is 5.89 Å². The Bertz CT molecular complexity index is 1330. The summed E-state index contributed by atoms with van der Waals surface area (Å²) in [5.74, 6) is 2.37. The van der Waals surface area contributed by atoms with E-state index in [0.29, 0.717) is 41.9 Å². The third kappa shape index (κ3) is 7.23. The molecule has 2 aromatic carbocycles. The van der Waals surface area contributed by atoms with E-state index >= 15 is 0 Å². The van der Waals surface area contributed by atoms with Crippen LogP contribution >= 0.6 is 0 Å². The highest BCUT2D eigenvalue weighted by molar-refractivity contribution is 5.66. The zero-order chi connectivity index (χ0) is 26.3. The minimum absolute atomic E-state index is 0.0937. The minimum atomic E-state index is -4.36. The van der Waals surface area contributed by atoms with Crippen molar-refractivity contribution in [3.8, 4) is 11.5 Å². The molecule has 0 amide bonds. The number of aryl methyl sites for hydroxylation is 2. The Morgan fingerprint density at radius 3 is 2.62 bits per heavy atom. The number of aromatic nitrogens is 3. The standard InChI is InChI=1S/C27H26F3N3O4/c1-19-15-23(8-9-24(19)35-14-2-12-33-13-11-31-25(33)16-34)36-17-22-18-37-26(32-22)10-5-20-3-6-21(7-4-20)27(28,29)30/h3-11,13,15,18,34H,2,12,14,16-17H2,1H3/b10-5+. The molecule has 4 aromatic rings. The van der Waals surface area contributed by atoms with Crippen molar-refractivity contribution in [3.63, 3.8) is 0 Å². The van der Waals surface area contributed by atoms with Gasteiger partial charge in [-0.1, -0.05) is 12.1 Å². The van der Waals surface area contributed by atoms with E-state index < -0.39 is 11.7 Å². The number of hydrogen-bond donors (Lipinski definition) is 1. The van der Waals surface area contributed by atoms with Crippen molar-refractivity contribution >= 4 is 12.2 Å². The number of alkyl halides is 3. The van der Waals surface area contributed by atoms with Gasteiger partial charge < -0.3 is 23.6 Å². The first kappa shape index (κ1) is 26.0. The molecule has 0 aliphatic carbocycles. The second-order valence-electron chi connectivity index (χ2n) is 8.24. The number of aliphatic hydroxyl groups excluding tert-OH is 1. The molecule has 4 rings (SSSR count). The average Bonchev–Trinajstić information content (AvgIpc) is 3.54. The summed E-state index contributed by atoms with van der Waals surface area (Å²) in [6.45, 7) is 3.25. The van der Waals surface area contributed by atoms with Crippen LogP contribution < -0.4 is 9.47 Å². The predicted molar refractivity (Wildman–Crippen MR) is 131 cm³/mol. The number of imidazole rings is 1. The summed E-state index contributed by atoms with van der Waals surface area (Å²) < 4.78 is 57.0. The van der Waals surface area contributed by atoms with Gasteiger partial charge in [-0.05, 0) is 60.9 Å². The van der Waals surface area contributed by atoms with Crippen molar-refractivity contribution in [1.29, 1.82) is 0 Å². The van der Waals surface area contributed by atoms with Crippen LogP contribution in [-0.2, 0) is 25.9 Å². The molecular weight excluding hydrogens is 487 g/mol. The molecule has 0 unspecified atom stereocenters. The van der Waals surface area contributed by atoms with E-state index in [4.69, 9.17) is 13.9 Å². The van der Waals surface area contributed by atoms with Gasteiger partial charge in [0.25, 0.3) is 0 Å². The van der Waals surface area contributed by atoms with Crippen LogP contribution in [0.3, 0.4) is 0 Å². The predicted octanol–water partition coefficient (Wildman–Crippen LogP) is 5.91. The normalized spacial score (nSPS) is 11.8. The molecule has 0 aliphatic rings. The molecule has 0 atom stereocenters. The van der Waals surface area contributed by atoms with Crippen LogP contribution in [0.4, 0.5) is 13.2 Å². The fourth-order valence-corrected chi connectivity index (χ4v) is 3.56. The number of hydrogen-bond acceptors (Lipinski definition) is 6. The molecule has 0 spiro atoms. The summed E-state index contributed by atoms with van der Waals surface area (Å²) in [6, 6.07) is 10.4. The lowest BCUT2D eigenvalue weighted by Crippen LogP contribution is -2.07. The first-order valence-corrected chi connectivity index (χ1v) is 11.6. The van der Waals surface area contributed by atoms with Crippen molar-refractivity contribution in [2.75, 3.05) is 6.61 Å². The third-order valence-electron chi connectivity index (χ3n) is 5.50. The second kappa shape index (κ2) is 11.8. The molecule has 7 nitrogen and oxygen atoms in total. The van der Waals surface area contributed by atoms with E-state index in [1.54, 1.807) is 18.3 Å². The summed E-state index contributed by atoms with van der Waals surface area (Å²) in [7, 11) is 0. The number of oxazole rings is 1. The van der Waals surface area contributed by atoms with E-state index in [1.807, 2.05) is 35.9 Å². The van der Waals surface area contributed by atoms with Gasteiger partial charge in [-0.3, -0.25) is 0 Å². The van der Waals surface area contributed by atoms with E-state index in [0.717, 1.165) is 29.9 Å². The largest absolute Gasteiger partial charge is 0.493 e. The Kier molecular flexibility index (Phi) is 8.29. The summed E-state index contributed by atoms with van der Waals surface area (Å²) in [4.78, 5) is 8.40. The van der Waals surface area contributed by atoms with Gasteiger partial charge in [0, 0.05) is 25.0 Å². The lowest BCUT2D eigenvalue weighted by Gasteiger charge is -2.12. The summed E-state index contributed by atoms with van der Waals surface area (Å²) >= 11 is 0. The van der Waals surface area contributed by atoms with Gasteiger partial charge >= 0.3 is 6.18 Å². The molecule has 2 heterocycles. The molecule has 0 bridgehead atoms. The Balaban J connectivity index is 1.24. The number of halogens is 3. The first-order chi connectivity index (χ1) is 17.8. The smallest absolute Gasteiger partial charge is 0.416 e. The molecule has 1 N–H and O–H groups in total. The number of rotatable bonds is 11. The fraction of sp³-hybridized carbons (Fsp3) is 0.259. The lowest BCUT2D eigenvalue weighted by molar-refractivity contribution is -0.137. The molecular formula is C27H26F3N3O4. The van der Waals surface area contributed by atoms with Gasteiger partial charge in [0.05, 0.1) is 12.2 Å². The zero-order valence-electron chi connectivity index (χ0n) is 20.1. The van der Waals surface area contributed by atoms with Gasteiger partial charge in [0.15, 0.2) is 0 Å². The number of ether oxygens (including phenoxy) is 2. The fourth-order valence-electron chi connectivity index (χ4n) is 3.56. The van der Waals surface area contributed by atoms with Gasteiger partial charge in [-0.25, -0.2) is 9.97 Å². The van der Waals surface area contributed by atoms with Crippen LogP contribution in [0.15, 0.2) is 65.5 Å². The van der Waals surface area contributed by atoms with E-state index in [2.05, 4.69) is 9.97 Å². The van der Waals surface area contributed by atoms with Gasteiger partial charge in [-0.2, -0.15) is 13.2 Å². The molecule has 37 heavy (non-hydrogen) atoms. The highest BCUT2D eigenvalue weighted by atomic mass is 19.4. The van der Waals surface area contributed by atoms with Crippen molar-refractivity contribution in [1.82, 2.24) is 14.5 Å². The average molecular weight is 514 g/mol. The number of nitrogens with zero attached hydrogens (tertiary/aromatic N) is 3. The second-order valence-corrected chi connectivity index (χ2v) is 8.24. The van der Waals surface area contributed by atoms with E-state index in [-0.39, 0.29) is 13.2 Å². The van der Waals surface area contributed by atoms with Crippen LogP contribution in [0.1, 0.15) is 40.5 Å². The lowest BCUT2D eigenvalue weighted by atomic mass is 10.1. The van der Waals surface area contributed by atoms with Crippen molar-refractivity contribution in [2.45, 2.75) is 39.3 Å². The molecule has 0 aliphatic heterocycles. The zero-order valence-corrected chi connectivity index (χ0v) is 20.1. The van der Waals surface area contributed by atoms with Crippen LogP contribution in [-0.4, -0.2) is 26.2 Å². The molecule has 2 aromatic heterocycles. The van der Waals surface area contributed by atoms with Gasteiger partial charge in [0.1, 0.15) is 42.5 Å². The first-order valence-electron chi connectivity index (χ1n) is 11.6. The minimum Gasteiger partial charge on any atom is -0.493 e. The monoisotopic (exact) mass is 513 g/mol.